The van der Waals surface area contributed by atoms with Crippen molar-refractivity contribution in [3.05, 3.63) is 11.6 Å². The maximum Gasteiger partial charge on any atom is 0.244 e. The molecule has 0 unspecified atom stereocenters. The van der Waals surface area contributed by atoms with Crippen molar-refractivity contribution in [3.8, 4) is 0 Å². The van der Waals surface area contributed by atoms with E-state index in [0.29, 0.717) is 12.0 Å². The molecule has 5 aliphatic rings. The van der Waals surface area contributed by atoms with Gasteiger partial charge in [0, 0.05) is 25.7 Å². The molecule has 4 nitrogen and oxygen atoms in total. The van der Waals surface area contributed by atoms with Crippen molar-refractivity contribution >= 4 is 5.91 Å². The minimum atomic E-state index is 0.0695. The average Bonchev–Trinajstić information content (AvgIpc) is 2.52. The highest BCUT2D eigenvalue weighted by Gasteiger charge is 2.51. The molecule has 4 bridgehead atoms. The van der Waals surface area contributed by atoms with Crippen LogP contribution in [0.5, 0.6) is 0 Å². The molecule has 1 atom stereocenters. The number of rotatable bonds is 4. The summed E-state index contributed by atoms with van der Waals surface area (Å²) >= 11 is 0. The number of allylic oxidation sites excluding steroid dienone is 1. The summed E-state index contributed by atoms with van der Waals surface area (Å²) in [4.78, 5) is 14.7. The summed E-state index contributed by atoms with van der Waals surface area (Å²) in [5, 5.41) is 3.07. The van der Waals surface area contributed by atoms with E-state index >= 15 is 0 Å². The van der Waals surface area contributed by atoms with Crippen LogP contribution < -0.4 is 5.32 Å². The number of carbonyl (C=O) groups is 1. The van der Waals surface area contributed by atoms with Crippen molar-refractivity contribution in [2.75, 3.05) is 33.3 Å². The van der Waals surface area contributed by atoms with Crippen molar-refractivity contribution in [1.82, 2.24) is 10.2 Å². The largest absolute Gasteiger partial charge is 0.374 e. The lowest BCUT2D eigenvalue weighted by molar-refractivity contribution is -0.117. The Morgan fingerprint density at radius 2 is 1.83 bits per heavy atom. The van der Waals surface area contributed by atoms with Gasteiger partial charge in [0.05, 0.1) is 12.7 Å². The second kappa shape index (κ2) is 6.45. The molecule has 24 heavy (non-hydrogen) atoms. The van der Waals surface area contributed by atoms with Crippen molar-refractivity contribution in [3.63, 3.8) is 0 Å². The SMILES string of the molecule is C/C(=C/C(=O)NC[C@H]1CN(C)CCO1)C12CC3CC(CC(C3)C1)C2. The van der Waals surface area contributed by atoms with Gasteiger partial charge in [0.25, 0.3) is 0 Å². The van der Waals surface area contributed by atoms with Crippen LogP contribution in [0.2, 0.25) is 0 Å². The van der Waals surface area contributed by atoms with E-state index in [2.05, 4.69) is 24.2 Å². The van der Waals surface area contributed by atoms with Crippen molar-refractivity contribution in [2.24, 2.45) is 23.2 Å². The minimum absolute atomic E-state index is 0.0695. The predicted molar refractivity (Wildman–Crippen MR) is 94.6 cm³/mol. The maximum atomic E-state index is 12.4. The smallest absolute Gasteiger partial charge is 0.244 e. The molecule has 1 amide bonds. The molecule has 1 saturated heterocycles. The number of ether oxygens (including phenoxy) is 1. The van der Waals surface area contributed by atoms with E-state index in [0.717, 1.165) is 37.5 Å². The molecule has 4 saturated carbocycles. The lowest BCUT2D eigenvalue weighted by Gasteiger charge is -2.57. The first-order valence-corrected chi connectivity index (χ1v) is 9.79. The van der Waals surface area contributed by atoms with E-state index in [1.54, 1.807) is 0 Å². The van der Waals surface area contributed by atoms with Gasteiger partial charge in [-0.1, -0.05) is 5.57 Å². The number of nitrogens with zero attached hydrogens (tertiary/aromatic N) is 1. The van der Waals surface area contributed by atoms with Crippen LogP contribution in [0.4, 0.5) is 0 Å². The van der Waals surface area contributed by atoms with Gasteiger partial charge in [0.1, 0.15) is 0 Å². The fourth-order valence-electron chi connectivity index (χ4n) is 6.20. The van der Waals surface area contributed by atoms with Gasteiger partial charge in [-0.05, 0) is 75.7 Å². The van der Waals surface area contributed by atoms with Crippen LogP contribution in [-0.2, 0) is 9.53 Å². The Kier molecular flexibility index (Phi) is 4.46. The number of hydrogen-bond acceptors (Lipinski definition) is 3. The Morgan fingerprint density at radius 1 is 1.21 bits per heavy atom. The van der Waals surface area contributed by atoms with Crippen molar-refractivity contribution < 1.29 is 9.53 Å². The minimum Gasteiger partial charge on any atom is -0.374 e. The topological polar surface area (TPSA) is 41.6 Å². The number of morpholine rings is 1. The van der Waals surface area contributed by atoms with E-state index in [1.165, 1.54) is 44.1 Å². The third kappa shape index (κ3) is 3.28. The Labute approximate surface area is 146 Å². The highest BCUT2D eigenvalue weighted by molar-refractivity contribution is 5.88. The number of likely N-dealkylation sites (N-methyl/N-ethyl adjacent to an activating group) is 1. The molecule has 4 heteroatoms. The molecule has 0 aromatic carbocycles. The summed E-state index contributed by atoms with van der Waals surface area (Å²) < 4.78 is 5.73. The van der Waals surface area contributed by atoms with Crippen LogP contribution in [0.15, 0.2) is 11.6 Å². The standard InChI is InChI=1S/C20H32N2O2/c1-14(5-19(23)21-12-18-13-22(2)3-4-24-18)20-9-15-6-16(10-20)8-17(7-15)11-20/h5,15-18H,3-4,6-13H2,1-2H3,(H,21,23)/b14-5-/t15?,16?,17?,18-,20?/m0/s1. The summed E-state index contributed by atoms with van der Waals surface area (Å²) in [6.07, 6.45) is 10.4. The molecule has 1 aliphatic heterocycles. The molecule has 5 fully saturated rings. The van der Waals surface area contributed by atoms with Gasteiger partial charge in [-0.3, -0.25) is 4.79 Å². The lowest BCUT2D eigenvalue weighted by atomic mass is 9.48. The Morgan fingerprint density at radius 3 is 2.42 bits per heavy atom. The third-order valence-corrected chi connectivity index (χ3v) is 7.07. The first kappa shape index (κ1) is 16.6. The summed E-state index contributed by atoms with van der Waals surface area (Å²) in [6.45, 7) is 5.47. The van der Waals surface area contributed by atoms with Crippen molar-refractivity contribution in [2.45, 2.75) is 51.6 Å². The van der Waals surface area contributed by atoms with Crippen molar-refractivity contribution in [1.29, 1.82) is 0 Å². The molecule has 5 rings (SSSR count). The Balaban J connectivity index is 1.35. The Hall–Kier alpha value is -0.870. The summed E-state index contributed by atoms with van der Waals surface area (Å²) in [7, 11) is 2.11. The second-order valence-corrected chi connectivity index (χ2v) is 9.03. The molecular formula is C20H32N2O2. The van der Waals surface area contributed by atoms with Gasteiger partial charge in [0.2, 0.25) is 5.91 Å². The Bertz CT molecular complexity index is 492. The molecule has 0 spiro atoms. The highest BCUT2D eigenvalue weighted by Crippen LogP contribution is 2.62. The summed E-state index contributed by atoms with van der Waals surface area (Å²) in [5.41, 5.74) is 1.67. The van der Waals surface area contributed by atoms with E-state index in [1.807, 2.05) is 6.08 Å². The van der Waals surface area contributed by atoms with Gasteiger partial charge >= 0.3 is 0 Å². The molecule has 0 radical (unpaired) electrons. The van der Waals surface area contributed by atoms with E-state index in [-0.39, 0.29) is 12.0 Å². The monoisotopic (exact) mass is 332 g/mol. The number of amides is 1. The van der Waals surface area contributed by atoms with Gasteiger partial charge in [0.15, 0.2) is 0 Å². The second-order valence-electron chi connectivity index (χ2n) is 9.03. The van der Waals surface area contributed by atoms with Crippen LogP contribution in [0, 0.1) is 23.2 Å². The summed E-state index contributed by atoms with van der Waals surface area (Å²) in [6, 6.07) is 0. The normalized spacial score (nSPS) is 42.3. The van der Waals surface area contributed by atoms with Gasteiger partial charge < -0.3 is 15.0 Å². The maximum absolute atomic E-state index is 12.4. The van der Waals surface area contributed by atoms with E-state index in [4.69, 9.17) is 4.74 Å². The van der Waals surface area contributed by atoms with Crippen LogP contribution >= 0.6 is 0 Å². The van der Waals surface area contributed by atoms with Crippen LogP contribution in [-0.4, -0.2) is 50.2 Å². The molecule has 0 aromatic heterocycles. The zero-order valence-electron chi connectivity index (χ0n) is 15.2. The summed E-state index contributed by atoms with van der Waals surface area (Å²) in [5.74, 6) is 2.84. The first-order chi connectivity index (χ1) is 11.5. The molecule has 1 heterocycles. The van der Waals surface area contributed by atoms with Gasteiger partial charge in [-0.25, -0.2) is 0 Å². The van der Waals surface area contributed by atoms with Crippen LogP contribution in [0.1, 0.15) is 45.4 Å². The van der Waals surface area contributed by atoms with Gasteiger partial charge in [-0.2, -0.15) is 0 Å². The van der Waals surface area contributed by atoms with E-state index in [9.17, 15) is 4.79 Å². The molecule has 4 aliphatic carbocycles. The quantitative estimate of drug-likeness (QED) is 0.805. The molecule has 1 N–H and O–H groups in total. The highest BCUT2D eigenvalue weighted by atomic mass is 16.5. The van der Waals surface area contributed by atoms with Gasteiger partial charge in [-0.15, -0.1) is 0 Å². The zero-order valence-corrected chi connectivity index (χ0v) is 15.2. The molecule has 0 aromatic rings. The zero-order chi connectivity index (χ0) is 16.7. The molecular weight excluding hydrogens is 300 g/mol. The predicted octanol–water partition coefficient (Wildman–Crippen LogP) is 2.60. The molecule has 134 valence electrons. The number of nitrogens with one attached hydrogen (secondary N) is 1. The van der Waals surface area contributed by atoms with Crippen LogP contribution in [0.3, 0.4) is 0 Å². The number of hydrogen-bond donors (Lipinski definition) is 1. The van der Waals surface area contributed by atoms with E-state index < -0.39 is 0 Å². The van der Waals surface area contributed by atoms with Crippen LogP contribution in [0.25, 0.3) is 0 Å². The fourth-order valence-corrected chi connectivity index (χ4v) is 6.20. The number of carbonyl (C=O) groups excluding carboxylic acids is 1. The third-order valence-electron chi connectivity index (χ3n) is 7.07. The average molecular weight is 332 g/mol. The lowest BCUT2D eigenvalue weighted by Crippen LogP contribution is -2.47. The fraction of sp³-hybridized carbons (Fsp3) is 0.850. The first-order valence-electron chi connectivity index (χ1n) is 9.79.